The van der Waals surface area contributed by atoms with Crippen LogP contribution in [0.1, 0.15) is 0 Å². The van der Waals surface area contributed by atoms with E-state index in [1.165, 1.54) is 18.2 Å². The maximum Gasteiger partial charge on any atom is 0.227 e. The minimum absolute atomic E-state index is 0.241. The quantitative estimate of drug-likeness (QED) is 0.744. The van der Waals surface area contributed by atoms with Crippen molar-refractivity contribution in [1.29, 1.82) is 0 Å². The lowest BCUT2D eigenvalue weighted by Crippen LogP contribution is -1.95. The monoisotopic (exact) mass is 284 g/mol. The summed E-state index contributed by atoms with van der Waals surface area (Å²) in [4.78, 5) is 4.19. The first-order chi connectivity index (χ1) is 10.2. The lowest BCUT2D eigenvalue weighted by Gasteiger charge is -2.10. The van der Waals surface area contributed by atoms with Crippen LogP contribution >= 0.6 is 0 Å². The summed E-state index contributed by atoms with van der Waals surface area (Å²) in [6.07, 6.45) is 1.62. The van der Waals surface area contributed by atoms with E-state index in [9.17, 15) is 4.39 Å². The van der Waals surface area contributed by atoms with E-state index < -0.39 is 5.82 Å². The van der Waals surface area contributed by atoms with Crippen molar-refractivity contribution in [3.05, 3.63) is 54.5 Å². The van der Waals surface area contributed by atoms with Gasteiger partial charge in [0.1, 0.15) is 11.6 Å². The number of ether oxygens (including phenoxy) is 2. The fourth-order valence-electron chi connectivity index (χ4n) is 2.04. The van der Waals surface area contributed by atoms with Gasteiger partial charge in [-0.25, -0.2) is 9.37 Å². The highest BCUT2D eigenvalue weighted by Gasteiger charge is 2.09. The minimum atomic E-state index is -0.416. The second-order valence-corrected chi connectivity index (χ2v) is 4.49. The van der Waals surface area contributed by atoms with Crippen LogP contribution < -0.4 is 15.2 Å². The molecular formula is C16H13FN2O2. The van der Waals surface area contributed by atoms with E-state index in [-0.39, 0.29) is 5.75 Å². The van der Waals surface area contributed by atoms with Gasteiger partial charge in [0.15, 0.2) is 5.75 Å². The Labute approximate surface area is 120 Å². The Balaban J connectivity index is 2.06. The van der Waals surface area contributed by atoms with Crippen molar-refractivity contribution < 1.29 is 13.9 Å². The lowest BCUT2D eigenvalue weighted by atomic mass is 10.1. The summed E-state index contributed by atoms with van der Waals surface area (Å²) in [7, 11) is 1.60. The molecule has 0 atom stereocenters. The van der Waals surface area contributed by atoms with E-state index >= 15 is 0 Å². The SMILES string of the molecule is COc1ccc2c(Oc3cc(F)ccc3N)nccc2c1. The standard InChI is InChI=1S/C16H13FN2O2/c1-20-12-3-4-13-10(8-12)6-7-19-16(13)21-15-9-11(17)2-5-14(15)18/h2-9H,18H2,1H3. The molecule has 0 aliphatic carbocycles. The minimum Gasteiger partial charge on any atom is -0.497 e. The zero-order chi connectivity index (χ0) is 14.8. The molecule has 0 saturated carbocycles. The molecule has 0 unspecified atom stereocenters. The number of halogens is 1. The highest BCUT2D eigenvalue weighted by molar-refractivity contribution is 5.88. The Morgan fingerprint density at radius 2 is 1.95 bits per heavy atom. The van der Waals surface area contributed by atoms with Gasteiger partial charge in [0.05, 0.1) is 12.8 Å². The van der Waals surface area contributed by atoms with Gasteiger partial charge >= 0.3 is 0 Å². The topological polar surface area (TPSA) is 57.4 Å². The Morgan fingerprint density at radius 3 is 2.76 bits per heavy atom. The predicted octanol–water partition coefficient (Wildman–Crippen LogP) is 3.76. The molecule has 2 N–H and O–H groups in total. The van der Waals surface area contributed by atoms with Crippen molar-refractivity contribution in [3.63, 3.8) is 0 Å². The summed E-state index contributed by atoms with van der Waals surface area (Å²) >= 11 is 0. The van der Waals surface area contributed by atoms with Gasteiger partial charge in [-0.2, -0.15) is 0 Å². The van der Waals surface area contributed by atoms with Crippen molar-refractivity contribution >= 4 is 16.5 Å². The summed E-state index contributed by atoms with van der Waals surface area (Å²) in [5.74, 6) is 0.935. The van der Waals surface area contributed by atoms with Gasteiger partial charge in [-0.05, 0) is 41.8 Å². The third-order valence-corrected chi connectivity index (χ3v) is 3.12. The van der Waals surface area contributed by atoms with Crippen molar-refractivity contribution in [2.75, 3.05) is 12.8 Å². The maximum atomic E-state index is 13.3. The molecule has 21 heavy (non-hydrogen) atoms. The van der Waals surface area contributed by atoms with E-state index in [1.54, 1.807) is 13.3 Å². The van der Waals surface area contributed by atoms with Crippen molar-refractivity contribution in [1.82, 2.24) is 4.98 Å². The molecule has 0 fully saturated rings. The first kappa shape index (κ1) is 13.2. The third kappa shape index (κ3) is 2.58. The van der Waals surface area contributed by atoms with Gasteiger partial charge in [-0.1, -0.05) is 0 Å². The zero-order valence-electron chi connectivity index (χ0n) is 11.3. The van der Waals surface area contributed by atoms with Gasteiger partial charge in [-0.3, -0.25) is 0 Å². The van der Waals surface area contributed by atoms with Gasteiger partial charge < -0.3 is 15.2 Å². The number of aromatic nitrogens is 1. The fraction of sp³-hybridized carbons (Fsp3) is 0.0625. The van der Waals surface area contributed by atoms with E-state index in [1.807, 2.05) is 24.3 Å². The molecule has 0 aliphatic rings. The number of nitrogens with zero attached hydrogens (tertiary/aromatic N) is 1. The van der Waals surface area contributed by atoms with Crippen LogP contribution in [0.5, 0.6) is 17.4 Å². The van der Waals surface area contributed by atoms with Crippen LogP contribution in [0.3, 0.4) is 0 Å². The molecule has 0 radical (unpaired) electrons. The molecule has 1 heterocycles. The predicted molar refractivity (Wildman–Crippen MR) is 79.2 cm³/mol. The highest BCUT2D eigenvalue weighted by Crippen LogP contribution is 2.32. The van der Waals surface area contributed by atoms with Crippen molar-refractivity contribution in [2.45, 2.75) is 0 Å². The highest BCUT2D eigenvalue weighted by atomic mass is 19.1. The molecule has 3 aromatic rings. The number of methoxy groups -OCH3 is 1. The first-order valence-corrected chi connectivity index (χ1v) is 6.33. The van der Waals surface area contributed by atoms with Crippen LogP contribution in [0.4, 0.5) is 10.1 Å². The van der Waals surface area contributed by atoms with E-state index in [0.29, 0.717) is 11.6 Å². The molecule has 0 bridgehead atoms. The molecule has 1 aromatic heterocycles. The Kier molecular flexibility index (Phi) is 3.31. The maximum absolute atomic E-state index is 13.3. The van der Waals surface area contributed by atoms with Crippen LogP contribution in [-0.4, -0.2) is 12.1 Å². The number of benzene rings is 2. The van der Waals surface area contributed by atoms with Crippen molar-refractivity contribution in [2.24, 2.45) is 0 Å². The number of hydrogen-bond acceptors (Lipinski definition) is 4. The molecule has 2 aromatic carbocycles. The van der Waals surface area contributed by atoms with E-state index in [0.717, 1.165) is 16.5 Å². The van der Waals surface area contributed by atoms with Gasteiger partial charge in [0.25, 0.3) is 0 Å². The second kappa shape index (κ2) is 5.28. The number of nitrogen functional groups attached to an aromatic ring is 1. The molecule has 0 spiro atoms. The second-order valence-electron chi connectivity index (χ2n) is 4.49. The smallest absolute Gasteiger partial charge is 0.227 e. The van der Waals surface area contributed by atoms with Crippen LogP contribution in [0, 0.1) is 5.82 Å². The number of fused-ring (bicyclic) bond motifs is 1. The molecule has 4 nitrogen and oxygen atoms in total. The van der Waals surface area contributed by atoms with Gasteiger partial charge in [-0.15, -0.1) is 0 Å². The summed E-state index contributed by atoms with van der Waals surface area (Å²) in [6.45, 7) is 0. The summed E-state index contributed by atoms with van der Waals surface area (Å²) in [6, 6.07) is 11.3. The van der Waals surface area contributed by atoms with Gasteiger partial charge in [0.2, 0.25) is 5.88 Å². The van der Waals surface area contributed by atoms with Crippen LogP contribution in [-0.2, 0) is 0 Å². The normalized spacial score (nSPS) is 10.6. The zero-order valence-corrected chi connectivity index (χ0v) is 11.3. The van der Waals surface area contributed by atoms with E-state index in [4.69, 9.17) is 15.2 Å². The summed E-state index contributed by atoms with van der Waals surface area (Å²) in [5.41, 5.74) is 6.14. The number of nitrogens with two attached hydrogens (primary N) is 1. The number of hydrogen-bond donors (Lipinski definition) is 1. The number of rotatable bonds is 3. The molecule has 5 heteroatoms. The number of anilines is 1. The average molecular weight is 284 g/mol. The van der Waals surface area contributed by atoms with Crippen LogP contribution in [0.15, 0.2) is 48.7 Å². The van der Waals surface area contributed by atoms with Gasteiger partial charge in [0, 0.05) is 17.6 Å². The van der Waals surface area contributed by atoms with Crippen LogP contribution in [0.25, 0.3) is 10.8 Å². The Hall–Kier alpha value is -2.82. The fourth-order valence-corrected chi connectivity index (χ4v) is 2.04. The molecule has 0 amide bonds. The molecule has 0 aliphatic heterocycles. The van der Waals surface area contributed by atoms with Crippen LogP contribution in [0.2, 0.25) is 0 Å². The van der Waals surface area contributed by atoms with Crippen molar-refractivity contribution in [3.8, 4) is 17.4 Å². The lowest BCUT2D eigenvalue weighted by molar-refractivity contribution is 0.415. The largest absolute Gasteiger partial charge is 0.497 e. The average Bonchev–Trinajstić information content (AvgIpc) is 2.50. The third-order valence-electron chi connectivity index (χ3n) is 3.12. The molecule has 3 rings (SSSR count). The first-order valence-electron chi connectivity index (χ1n) is 6.33. The summed E-state index contributed by atoms with van der Waals surface area (Å²) in [5, 5.41) is 1.70. The molecular weight excluding hydrogens is 271 g/mol. The number of pyridine rings is 1. The molecule has 0 saturated heterocycles. The van der Waals surface area contributed by atoms with E-state index in [2.05, 4.69) is 4.98 Å². The summed E-state index contributed by atoms with van der Waals surface area (Å²) < 4.78 is 24.1. The Morgan fingerprint density at radius 1 is 1.10 bits per heavy atom. The molecule has 106 valence electrons. The Bertz CT molecular complexity index is 805.